The highest BCUT2D eigenvalue weighted by molar-refractivity contribution is 5.90. The molecule has 3 amide bonds. The summed E-state index contributed by atoms with van der Waals surface area (Å²) in [5.41, 5.74) is 5.65. The number of carboxylic acid groups (broad SMARTS) is 1. The number of hydrogen-bond donors (Lipinski definition) is 4. The minimum atomic E-state index is -0.991. The molecular weight excluding hydrogens is 266 g/mol. The number of amides is 3. The zero-order chi connectivity index (χ0) is 15.0. The van der Waals surface area contributed by atoms with Crippen molar-refractivity contribution in [1.82, 2.24) is 5.32 Å². The predicted octanol–water partition coefficient (Wildman–Crippen LogP) is 0.530. The summed E-state index contributed by atoms with van der Waals surface area (Å²) >= 11 is 0. The Bertz CT molecular complexity index is 504. The predicted molar refractivity (Wildman–Crippen MR) is 70.3 cm³/mol. The molecule has 0 saturated heterocycles. The van der Waals surface area contributed by atoms with Gasteiger partial charge in [0, 0.05) is 5.69 Å². The highest BCUT2D eigenvalue weighted by atomic mass is 16.5. The lowest BCUT2D eigenvalue weighted by Gasteiger charge is -2.10. The van der Waals surface area contributed by atoms with Crippen LogP contribution in [0.15, 0.2) is 24.3 Å². The maximum Gasteiger partial charge on any atom is 0.404 e. The van der Waals surface area contributed by atoms with Gasteiger partial charge in [-0.2, -0.15) is 0 Å². The van der Waals surface area contributed by atoms with Gasteiger partial charge in [0.05, 0.1) is 13.0 Å². The second kappa shape index (κ2) is 7.62. The van der Waals surface area contributed by atoms with Crippen molar-refractivity contribution in [3.05, 3.63) is 29.8 Å². The molecule has 0 fully saturated rings. The molecule has 0 aliphatic rings. The van der Waals surface area contributed by atoms with Crippen LogP contribution in [0.4, 0.5) is 15.3 Å². The number of nitrogens with one attached hydrogen (secondary N) is 2. The molecule has 108 valence electrons. The van der Waals surface area contributed by atoms with Gasteiger partial charge >= 0.3 is 18.1 Å². The first kappa shape index (κ1) is 15.3. The van der Waals surface area contributed by atoms with Crippen LogP contribution >= 0.6 is 0 Å². The molecule has 0 bridgehead atoms. The number of carbonyl (C=O) groups excluding carboxylic acids is 2. The maximum absolute atomic E-state index is 11.6. The Labute approximate surface area is 114 Å². The SMILES string of the molecule is NC(=O)OCCNC(=O)Nc1ccccc1CC(=O)O. The van der Waals surface area contributed by atoms with E-state index in [1.807, 2.05) is 0 Å². The van der Waals surface area contributed by atoms with Gasteiger partial charge in [-0.1, -0.05) is 18.2 Å². The van der Waals surface area contributed by atoms with E-state index in [9.17, 15) is 14.4 Å². The van der Waals surface area contributed by atoms with Gasteiger partial charge in [0.2, 0.25) is 0 Å². The smallest absolute Gasteiger partial charge is 0.404 e. The first-order valence-electron chi connectivity index (χ1n) is 5.76. The minimum Gasteiger partial charge on any atom is -0.481 e. The quantitative estimate of drug-likeness (QED) is 0.565. The van der Waals surface area contributed by atoms with E-state index < -0.39 is 18.1 Å². The highest BCUT2D eigenvalue weighted by Crippen LogP contribution is 2.15. The number of nitrogens with two attached hydrogens (primary N) is 1. The maximum atomic E-state index is 11.6. The molecule has 8 nitrogen and oxygen atoms in total. The number of ether oxygens (including phenoxy) is 1. The van der Waals surface area contributed by atoms with E-state index in [2.05, 4.69) is 15.4 Å². The molecular formula is C12H15N3O5. The average molecular weight is 281 g/mol. The molecule has 0 spiro atoms. The molecule has 0 aromatic heterocycles. The Kier molecular flexibility index (Phi) is 5.82. The van der Waals surface area contributed by atoms with Crippen molar-refractivity contribution in [2.24, 2.45) is 5.73 Å². The largest absolute Gasteiger partial charge is 0.481 e. The number of carbonyl (C=O) groups is 3. The summed E-state index contributed by atoms with van der Waals surface area (Å²) in [5, 5.41) is 13.7. The number of benzene rings is 1. The number of carboxylic acids is 1. The van der Waals surface area contributed by atoms with Gasteiger partial charge in [0.1, 0.15) is 6.61 Å². The van der Waals surface area contributed by atoms with Gasteiger partial charge in [0.25, 0.3) is 0 Å². The molecule has 1 rings (SSSR count). The lowest BCUT2D eigenvalue weighted by molar-refractivity contribution is -0.136. The monoisotopic (exact) mass is 281 g/mol. The molecule has 8 heteroatoms. The number of hydrogen-bond acceptors (Lipinski definition) is 4. The zero-order valence-corrected chi connectivity index (χ0v) is 10.6. The summed E-state index contributed by atoms with van der Waals surface area (Å²) in [4.78, 5) is 32.5. The Morgan fingerprint density at radius 1 is 1.25 bits per heavy atom. The minimum absolute atomic E-state index is 0.0421. The Morgan fingerprint density at radius 2 is 1.95 bits per heavy atom. The summed E-state index contributed by atoms with van der Waals surface area (Å²) in [6.07, 6.45) is -1.11. The zero-order valence-electron chi connectivity index (χ0n) is 10.6. The molecule has 20 heavy (non-hydrogen) atoms. The summed E-state index contributed by atoms with van der Waals surface area (Å²) in [6.45, 7) is 0.0510. The molecule has 0 aliphatic heterocycles. The average Bonchev–Trinajstić information content (AvgIpc) is 2.36. The first-order valence-corrected chi connectivity index (χ1v) is 5.76. The fourth-order valence-electron chi connectivity index (χ4n) is 1.44. The van der Waals surface area contributed by atoms with Gasteiger partial charge < -0.3 is 26.2 Å². The number of aliphatic carboxylic acids is 1. The molecule has 0 heterocycles. The van der Waals surface area contributed by atoms with Crippen molar-refractivity contribution < 1.29 is 24.2 Å². The van der Waals surface area contributed by atoms with E-state index in [4.69, 9.17) is 10.8 Å². The van der Waals surface area contributed by atoms with Crippen molar-refractivity contribution in [2.75, 3.05) is 18.5 Å². The molecule has 0 radical (unpaired) electrons. The molecule has 1 aromatic carbocycles. The lowest BCUT2D eigenvalue weighted by Crippen LogP contribution is -2.33. The number of primary amides is 1. The van der Waals surface area contributed by atoms with E-state index in [0.717, 1.165) is 0 Å². The van der Waals surface area contributed by atoms with Crippen LogP contribution in [-0.4, -0.2) is 36.4 Å². The first-order chi connectivity index (χ1) is 9.49. The van der Waals surface area contributed by atoms with Crippen LogP contribution in [-0.2, 0) is 16.0 Å². The Balaban J connectivity index is 2.49. The summed E-state index contributed by atoms with van der Waals surface area (Å²) in [5.74, 6) is -0.991. The summed E-state index contributed by atoms with van der Waals surface area (Å²) in [7, 11) is 0. The second-order valence-electron chi connectivity index (χ2n) is 3.78. The van der Waals surface area contributed by atoms with Gasteiger partial charge in [0.15, 0.2) is 0 Å². The molecule has 0 saturated carbocycles. The molecule has 1 aromatic rings. The third-order valence-electron chi connectivity index (χ3n) is 2.24. The Hall–Kier alpha value is -2.77. The third-order valence-corrected chi connectivity index (χ3v) is 2.24. The van der Waals surface area contributed by atoms with E-state index in [0.29, 0.717) is 11.3 Å². The van der Waals surface area contributed by atoms with Crippen LogP contribution < -0.4 is 16.4 Å². The van der Waals surface area contributed by atoms with Crippen molar-refractivity contribution >= 4 is 23.8 Å². The standard InChI is InChI=1S/C12H15N3O5/c13-11(18)20-6-5-14-12(19)15-9-4-2-1-3-8(9)7-10(16)17/h1-4H,5-7H2,(H2,13,18)(H,16,17)(H2,14,15,19). The fourth-order valence-corrected chi connectivity index (χ4v) is 1.44. The van der Waals surface area contributed by atoms with Crippen LogP contribution in [0.25, 0.3) is 0 Å². The van der Waals surface area contributed by atoms with Crippen LogP contribution in [0.1, 0.15) is 5.56 Å². The molecule has 0 unspecified atom stereocenters. The van der Waals surface area contributed by atoms with Gasteiger partial charge in [-0.15, -0.1) is 0 Å². The fraction of sp³-hybridized carbons (Fsp3) is 0.250. The molecule has 5 N–H and O–H groups in total. The van der Waals surface area contributed by atoms with E-state index >= 15 is 0 Å². The van der Waals surface area contributed by atoms with Crippen LogP contribution in [0.2, 0.25) is 0 Å². The highest BCUT2D eigenvalue weighted by Gasteiger charge is 2.08. The second-order valence-corrected chi connectivity index (χ2v) is 3.78. The van der Waals surface area contributed by atoms with Gasteiger partial charge in [-0.05, 0) is 11.6 Å². The van der Waals surface area contributed by atoms with Crippen LogP contribution in [0.3, 0.4) is 0 Å². The Morgan fingerprint density at radius 3 is 2.60 bits per heavy atom. The van der Waals surface area contributed by atoms with Crippen LogP contribution in [0, 0.1) is 0 Å². The van der Waals surface area contributed by atoms with E-state index in [1.54, 1.807) is 24.3 Å². The third kappa shape index (κ3) is 5.71. The molecule has 0 atom stereocenters. The van der Waals surface area contributed by atoms with Gasteiger partial charge in [-0.25, -0.2) is 9.59 Å². The van der Waals surface area contributed by atoms with Crippen molar-refractivity contribution in [1.29, 1.82) is 0 Å². The van der Waals surface area contributed by atoms with Crippen molar-refractivity contribution in [3.8, 4) is 0 Å². The van der Waals surface area contributed by atoms with Crippen molar-refractivity contribution in [3.63, 3.8) is 0 Å². The number of rotatable bonds is 6. The summed E-state index contributed by atoms with van der Waals surface area (Å²) in [6, 6.07) is 6.03. The molecule has 0 aliphatic carbocycles. The van der Waals surface area contributed by atoms with Crippen LogP contribution in [0.5, 0.6) is 0 Å². The van der Waals surface area contributed by atoms with Crippen molar-refractivity contribution in [2.45, 2.75) is 6.42 Å². The van der Waals surface area contributed by atoms with Gasteiger partial charge in [-0.3, -0.25) is 4.79 Å². The lowest BCUT2D eigenvalue weighted by atomic mass is 10.1. The van der Waals surface area contributed by atoms with E-state index in [1.165, 1.54) is 0 Å². The number of anilines is 1. The normalized spacial score (nSPS) is 9.60. The number of para-hydroxylation sites is 1. The number of urea groups is 1. The topological polar surface area (TPSA) is 131 Å². The van der Waals surface area contributed by atoms with E-state index in [-0.39, 0.29) is 19.6 Å². The summed E-state index contributed by atoms with van der Waals surface area (Å²) < 4.78 is 4.44.